The quantitative estimate of drug-likeness (QED) is 0.141. The molecule has 2 rings (SSSR count). The van der Waals surface area contributed by atoms with Gasteiger partial charge in [-0.15, -0.1) is 0 Å². The van der Waals surface area contributed by atoms with Gasteiger partial charge >= 0.3 is 0 Å². The third-order valence-corrected chi connectivity index (χ3v) is 8.95. The molecule has 47 heavy (non-hydrogen) atoms. The molecule has 0 radical (unpaired) electrons. The van der Waals surface area contributed by atoms with Crippen LogP contribution < -0.4 is 9.47 Å². The highest BCUT2D eigenvalue weighted by molar-refractivity contribution is 6.27. The van der Waals surface area contributed by atoms with Gasteiger partial charge in [0.2, 0.25) is 0 Å². The van der Waals surface area contributed by atoms with E-state index in [0.717, 1.165) is 57.8 Å². The Morgan fingerprint density at radius 1 is 0.532 bits per heavy atom. The Labute approximate surface area is 286 Å². The molecular weight excluding hydrogens is 580 g/mol. The molecule has 0 fully saturated rings. The third-order valence-electron chi connectivity index (χ3n) is 8.95. The van der Waals surface area contributed by atoms with Crippen LogP contribution in [-0.4, -0.2) is 25.8 Å². The summed E-state index contributed by atoms with van der Waals surface area (Å²) in [6.07, 6.45) is 25.3. The number of ketones is 2. The van der Waals surface area contributed by atoms with Gasteiger partial charge in [-0.05, 0) is 138 Å². The number of rotatable bonds is 19. The lowest BCUT2D eigenvalue weighted by Gasteiger charge is -2.20. The van der Waals surface area contributed by atoms with Crippen molar-refractivity contribution in [1.29, 1.82) is 0 Å². The molecule has 0 unspecified atom stereocenters. The molecule has 1 aromatic rings. The van der Waals surface area contributed by atoms with Gasteiger partial charge in [0.15, 0.2) is 23.1 Å². The van der Waals surface area contributed by atoms with E-state index < -0.39 is 0 Å². The first-order valence-electron chi connectivity index (χ1n) is 17.3. The molecule has 0 bridgehead atoms. The molecule has 0 heterocycles. The molecule has 1 aliphatic carbocycles. The standard InChI is InChI=1S/C43H60O4/c1-30(2)16-11-17-31(3)18-12-19-32(4)20-13-21-33(5)22-14-23-34(6)24-15-25-35(7)26-27-37-36(8)42(44)38-28-40(46-9)41(47-10)29-39(38)43(37)45/h16,18,20,22,24,26,28-29H,11-15,17,19,21,23,25,27H2,1-10H3. The number of carbonyl (C=O) groups excluding carboxylic acids is 2. The summed E-state index contributed by atoms with van der Waals surface area (Å²) < 4.78 is 10.7. The van der Waals surface area contributed by atoms with Gasteiger partial charge in [0.1, 0.15) is 0 Å². The summed E-state index contributed by atoms with van der Waals surface area (Å²) in [4.78, 5) is 26.4. The fourth-order valence-electron chi connectivity index (χ4n) is 5.73. The van der Waals surface area contributed by atoms with Crippen LogP contribution in [0.4, 0.5) is 0 Å². The van der Waals surface area contributed by atoms with Crippen LogP contribution >= 0.6 is 0 Å². The van der Waals surface area contributed by atoms with Crippen LogP contribution in [0, 0.1) is 0 Å². The lowest BCUT2D eigenvalue weighted by molar-refractivity contribution is 0.0972. The molecule has 4 heteroatoms. The first kappa shape index (κ1) is 39.5. The second-order valence-corrected chi connectivity index (χ2v) is 13.4. The Morgan fingerprint density at radius 3 is 1.23 bits per heavy atom. The third kappa shape index (κ3) is 13.5. The van der Waals surface area contributed by atoms with E-state index in [0.29, 0.717) is 40.2 Å². The van der Waals surface area contributed by atoms with Gasteiger partial charge in [0.05, 0.1) is 14.2 Å². The van der Waals surface area contributed by atoms with Gasteiger partial charge in [-0.25, -0.2) is 0 Å². The molecule has 0 saturated heterocycles. The average Bonchev–Trinajstić information content (AvgIpc) is 3.02. The predicted molar refractivity (Wildman–Crippen MR) is 200 cm³/mol. The molecule has 1 aromatic carbocycles. The molecule has 0 atom stereocenters. The van der Waals surface area contributed by atoms with E-state index in [1.807, 2.05) is 0 Å². The number of hydrogen-bond donors (Lipinski definition) is 0. The van der Waals surface area contributed by atoms with E-state index in [4.69, 9.17) is 9.47 Å². The van der Waals surface area contributed by atoms with Crippen molar-refractivity contribution >= 4 is 11.6 Å². The molecule has 0 aromatic heterocycles. The van der Waals surface area contributed by atoms with Gasteiger partial charge in [-0.2, -0.15) is 0 Å². The van der Waals surface area contributed by atoms with Gasteiger partial charge in [0, 0.05) is 22.3 Å². The monoisotopic (exact) mass is 640 g/mol. The summed E-state index contributed by atoms with van der Waals surface area (Å²) in [6.45, 7) is 17.2. The number of methoxy groups -OCH3 is 2. The molecule has 0 aliphatic heterocycles. The maximum atomic E-state index is 13.3. The fraction of sp³-hybridized carbons (Fsp3) is 0.488. The zero-order valence-corrected chi connectivity index (χ0v) is 31.0. The number of fused-ring (bicyclic) bond motifs is 1. The number of Topliss-reactive ketones (excluding diaryl/α,β-unsaturated/α-hetero) is 2. The van der Waals surface area contributed by atoms with Gasteiger partial charge < -0.3 is 9.47 Å². The molecule has 4 nitrogen and oxygen atoms in total. The minimum absolute atomic E-state index is 0.114. The highest BCUT2D eigenvalue weighted by atomic mass is 16.5. The summed E-state index contributed by atoms with van der Waals surface area (Å²) >= 11 is 0. The van der Waals surface area contributed by atoms with Crippen LogP contribution in [0.25, 0.3) is 0 Å². The number of ether oxygens (including phenoxy) is 2. The van der Waals surface area contributed by atoms with Crippen molar-refractivity contribution in [2.75, 3.05) is 14.2 Å². The number of allylic oxidation sites excluding steroid dienone is 14. The van der Waals surface area contributed by atoms with Crippen molar-refractivity contribution < 1.29 is 19.1 Å². The number of hydrogen-bond acceptors (Lipinski definition) is 4. The molecular formula is C43H60O4. The summed E-state index contributed by atoms with van der Waals surface area (Å²) in [7, 11) is 3.05. The van der Waals surface area contributed by atoms with Gasteiger partial charge in [-0.1, -0.05) is 69.9 Å². The lowest BCUT2D eigenvalue weighted by atomic mass is 9.82. The average molecular weight is 641 g/mol. The summed E-state index contributed by atoms with van der Waals surface area (Å²) in [5.74, 6) is 0.652. The van der Waals surface area contributed by atoms with E-state index in [-0.39, 0.29) is 11.6 Å². The van der Waals surface area contributed by atoms with E-state index in [1.54, 1.807) is 19.1 Å². The topological polar surface area (TPSA) is 52.6 Å². The molecule has 256 valence electrons. The molecule has 0 saturated carbocycles. The maximum absolute atomic E-state index is 13.3. The largest absolute Gasteiger partial charge is 0.493 e. The first-order chi connectivity index (χ1) is 22.4. The smallest absolute Gasteiger partial charge is 0.190 e. The Hall–Kier alpha value is -3.66. The Balaban J connectivity index is 1.77. The van der Waals surface area contributed by atoms with Crippen LogP contribution in [0.3, 0.4) is 0 Å². The zero-order chi connectivity index (χ0) is 34.9. The van der Waals surface area contributed by atoms with Crippen LogP contribution in [0.2, 0.25) is 0 Å². The molecule has 0 spiro atoms. The predicted octanol–water partition coefficient (Wildman–Crippen LogP) is 12.4. The van der Waals surface area contributed by atoms with Crippen molar-refractivity contribution in [1.82, 2.24) is 0 Å². The summed E-state index contributed by atoms with van der Waals surface area (Å²) in [5.41, 5.74) is 10.3. The zero-order valence-electron chi connectivity index (χ0n) is 31.0. The van der Waals surface area contributed by atoms with Crippen molar-refractivity contribution in [3.8, 4) is 11.5 Å². The number of carbonyl (C=O) groups is 2. The van der Waals surface area contributed by atoms with Crippen LogP contribution in [0.15, 0.2) is 93.2 Å². The molecule has 0 N–H and O–H groups in total. The van der Waals surface area contributed by atoms with Crippen LogP contribution in [0.1, 0.15) is 147 Å². The van der Waals surface area contributed by atoms with E-state index in [9.17, 15) is 9.59 Å². The van der Waals surface area contributed by atoms with Crippen molar-refractivity contribution in [2.24, 2.45) is 0 Å². The van der Waals surface area contributed by atoms with Crippen molar-refractivity contribution in [3.05, 3.63) is 104 Å². The minimum Gasteiger partial charge on any atom is -0.493 e. The van der Waals surface area contributed by atoms with E-state index in [1.165, 1.54) is 54.1 Å². The second kappa shape index (κ2) is 20.5. The van der Waals surface area contributed by atoms with Gasteiger partial charge in [-0.3, -0.25) is 9.59 Å². The minimum atomic E-state index is -0.129. The first-order valence-corrected chi connectivity index (χ1v) is 17.3. The summed E-state index contributed by atoms with van der Waals surface area (Å²) in [5, 5.41) is 0. The fourth-order valence-corrected chi connectivity index (χ4v) is 5.73. The van der Waals surface area contributed by atoms with Crippen LogP contribution in [0.5, 0.6) is 11.5 Å². The Morgan fingerprint density at radius 2 is 0.872 bits per heavy atom. The second-order valence-electron chi connectivity index (χ2n) is 13.4. The Kier molecular flexibility index (Phi) is 17.3. The van der Waals surface area contributed by atoms with E-state index >= 15 is 0 Å². The van der Waals surface area contributed by atoms with Gasteiger partial charge in [0.25, 0.3) is 0 Å². The van der Waals surface area contributed by atoms with Crippen molar-refractivity contribution in [3.63, 3.8) is 0 Å². The van der Waals surface area contributed by atoms with Crippen LogP contribution in [-0.2, 0) is 0 Å². The molecule has 0 amide bonds. The highest BCUT2D eigenvalue weighted by Gasteiger charge is 2.31. The van der Waals surface area contributed by atoms with E-state index in [2.05, 4.69) is 84.9 Å². The summed E-state index contributed by atoms with van der Waals surface area (Å²) in [6, 6.07) is 3.23. The molecule has 1 aliphatic rings. The Bertz CT molecular complexity index is 1460. The maximum Gasteiger partial charge on any atom is 0.190 e. The number of benzene rings is 1. The highest BCUT2D eigenvalue weighted by Crippen LogP contribution is 2.36. The normalized spacial score (nSPS) is 14.9. The van der Waals surface area contributed by atoms with Crippen molar-refractivity contribution in [2.45, 2.75) is 126 Å². The lowest BCUT2D eigenvalue weighted by Crippen LogP contribution is -2.21. The SMILES string of the molecule is COc1cc2c(cc1OC)C(=O)C(CC=C(C)CCC=C(C)CCC=C(C)CCC=C(C)CCC=C(C)CCC=C(C)C)=C(C)C2=O.